The van der Waals surface area contributed by atoms with Crippen LogP contribution in [0, 0.1) is 6.92 Å². The Morgan fingerprint density at radius 3 is 2.77 bits per heavy atom. The maximum Gasteiger partial charge on any atom is 0.251 e. The number of carbonyl (C=O) groups is 2. The standard InChI is InChI=1S/C16H17N3O3/c1-11-4-2-5-12(10-11)16(22)18-9-7-14(21)19-15-13(20)6-3-8-17-15/h2-6,8,10,20H,7,9H2,1H3,(H,18,22)(H,17,19,21). The van der Waals surface area contributed by atoms with E-state index in [1.54, 1.807) is 24.3 Å². The van der Waals surface area contributed by atoms with Gasteiger partial charge in [0, 0.05) is 24.7 Å². The van der Waals surface area contributed by atoms with Gasteiger partial charge in [-0.15, -0.1) is 0 Å². The van der Waals surface area contributed by atoms with E-state index in [1.165, 1.54) is 12.3 Å². The number of benzene rings is 1. The highest BCUT2D eigenvalue weighted by atomic mass is 16.3. The van der Waals surface area contributed by atoms with Gasteiger partial charge < -0.3 is 15.7 Å². The largest absolute Gasteiger partial charge is 0.504 e. The number of amides is 2. The number of nitrogens with zero attached hydrogens (tertiary/aromatic N) is 1. The summed E-state index contributed by atoms with van der Waals surface area (Å²) in [4.78, 5) is 27.5. The van der Waals surface area contributed by atoms with Crippen LogP contribution in [0.4, 0.5) is 5.82 Å². The van der Waals surface area contributed by atoms with E-state index in [2.05, 4.69) is 15.6 Å². The maximum absolute atomic E-state index is 11.9. The van der Waals surface area contributed by atoms with Crippen molar-refractivity contribution in [2.24, 2.45) is 0 Å². The Balaban J connectivity index is 1.80. The first-order valence-corrected chi connectivity index (χ1v) is 6.85. The molecule has 22 heavy (non-hydrogen) atoms. The lowest BCUT2D eigenvalue weighted by molar-refractivity contribution is -0.116. The number of hydrogen-bond donors (Lipinski definition) is 3. The topological polar surface area (TPSA) is 91.3 Å². The van der Waals surface area contributed by atoms with E-state index in [0.717, 1.165) is 5.56 Å². The number of hydrogen-bond acceptors (Lipinski definition) is 4. The number of aromatic nitrogens is 1. The minimum atomic E-state index is -0.335. The highest BCUT2D eigenvalue weighted by Crippen LogP contribution is 2.18. The average Bonchev–Trinajstić information content (AvgIpc) is 2.49. The predicted molar refractivity (Wildman–Crippen MR) is 82.7 cm³/mol. The molecule has 0 aliphatic carbocycles. The summed E-state index contributed by atoms with van der Waals surface area (Å²) in [7, 11) is 0. The summed E-state index contributed by atoms with van der Waals surface area (Å²) in [6.07, 6.45) is 1.56. The number of aryl methyl sites for hydroxylation is 1. The van der Waals surface area contributed by atoms with Crippen LogP contribution in [0.3, 0.4) is 0 Å². The molecule has 0 aliphatic rings. The first-order chi connectivity index (χ1) is 10.6. The Labute approximate surface area is 128 Å². The van der Waals surface area contributed by atoms with Crippen molar-refractivity contribution in [2.75, 3.05) is 11.9 Å². The van der Waals surface area contributed by atoms with E-state index in [1.807, 2.05) is 13.0 Å². The van der Waals surface area contributed by atoms with Crippen LogP contribution < -0.4 is 10.6 Å². The van der Waals surface area contributed by atoms with Crippen LogP contribution in [0.1, 0.15) is 22.3 Å². The second-order valence-corrected chi connectivity index (χ2v) is 4.79. The van der Waals surface area contributed by atoms with Crippen molar-refractivity contribution in [1.82, 2.24) is 10.3 Å². The van der Waals surface area contributed by atoms with Gasteiger partial charge in [0.2, 0.25) is 5.91 Å². The zero-order valence-corrected chi connectivity index (χ0v) is 12.2. The Bertz CT molecular complexity index is 686. The molecular weight excluding hydrogens is 282 g/mol. The minimum absolute atomic E-state index is 0.0908. The molecule has 0 bridgehead atoms. The van der Waals surface area contributed by atoms with Crippen molar-refractivity contribution in [3.8, 4) is 5.75 Å². The molecule has 2 aromatic rings. The highest BCUT2D eigenvalue weighted by molar-refractivity contribution is 5.95. The number of aromatic hydroxyl groups is 1. The van der Waals surface area contributed by atoms with Gasteiger partial charge in [-0.05, 0) is 31.2 Å². The first-order valence-electron chi connectivity index (χ1n) is 6.85. The molecule has 6 nitrogen and oxygen atoms in total. The van der Waals surface area contributed by atoms with Crippen molar-refractivity contribution in [2.45, 2.75) is 13.3 Å². The van der Waals surface area contributed by atoms with E-state index in [-0.39, 0.29) is 36.3 Å². The summed E-state index contributed by atoms with van der Waals surface area (Å²) in [6, 6.07) is 10.2. The van der Waals surface area contributed by atoms with Crippen molar-refractivity contribution in [3.63, 3.8) is 0 Å². The van der Waals surface area contributed by atoms with Gasteiger partial charge in [0.15, 0.2) is 11.6 Å². The molecular formula is C16H17N3O3. The lowest BCUT2D eigenvalue weighted by atomic mass is 10.1. The fourth-order valence-electron chi connectivity index (χ4n) is 1.87. The van der Waals surface area contributed by atoms with Gasteiger partial charge >= 0.3 is 0 Å². The zero-order valence-electron chi connectivity index (χ0n) is 12.2. The van der Waals surface area contributed by atoms with Gasteiger partial charge in [0.05, 0.1) is 0 Å². The molecule has 2 amide bonds. The molecule has 0 aliphatic heterocycles. The summed E-state index contributed by atoms with van der Waals surface area (Å²) in [5.74, 6) is -0.548. The summed E-state index contributed by atoms with van der Waals surface area (Å²) in [5, 5.41) is 14.7. The monoisotopic (exact) mass is 299 g/mol. The van der Waals surface area contributed by atoms with Gasteiger partial charge in [-0.1, -0.05) is 17.7 Å². The highest BCUT2D eigenvalue weighted by Gasteiger charge is 2.09. The quantitative estimate of drug-likeness (QED) is 0.786. The molecule has 0 saturated heterocycles. The molecule has 0 saturated carbocycles. The maximum atomic E-state index is 11.9. The second-order valence-electron chi connectivity index (χ2n) is 4.79. The molecule has 0 atom stereocenters. The van der Waals surface area contributed by atoms with Crippen molar-refractivity contribution in [1.29, 1.82) is 0 Å². The third-order valence-corrected chi connectivity index (χ3v) is 2.96. The van der Waals surface area contributed by atoms with Crippen LogP contribution >= 0.6 is 0 Å². The van der Waals surface area contributed by atoms with E-state index in [9.17, 15) is 14.7 Å². The number of anilines is 1. The van der Waals surface area contributed by atoms with E-state index in [0.29, 0.717) is 5.56 Å². The van der Waals surface area contributed by atoms with Crippen molar-refractivity contribution >= 4 is 17.6 Å². The molecule has 1 heterocycles. The molecule has 0 radical (unpaired) electrons. The van der Waals surface area contributed by atoms with Crippen LogP contribution in [0.25, 0.3) is 0 Å². The molecule has 1 aromatic carbocycles. The second kappa shape index (κ2) is 7.21. The Morgan fingerprint density at radius 2 is 2.05 bits per heavy atom. The number of rotatable bonds is 5. The molecule has 6 heteroatoms. The van der Waals surface area contributed by atoms with Gasteiger partial charge in [-0.3, -0.25) is 9.59 Å². The SMILES string of the molecule is Cc1cccc(C(=O)NCCC(=O)Nc2ncccc2O)c1. The lowest BCUT2D eigenvalue weighted by Crippen LogP contribution is -2.27. The zero-order chi connectivity index (χ0) is 15.9. The molecule has 114 valence electrons. The molecule has 3 N–H and O–H groups in total. The molecule has 2 rings (SSSR count). The molecule has 0 fully saturated rings. The van der Waals surface area contributed by atoms with Crippen LogP contribution in [0.5, 0.6) is 5.75 Å². The van der Waals surface area contributed by atoms with E-state index in [4.69, 9.17) is 0 Å². The van der Waals surface area contributed by atoms with Crippen molar-refractivity contribution in [3.05, 3.63) is 53.7 Å². The number of nitrogens with one attached hydrogen (secondary N) is 2. The third-order valence-electron chi connectivity index (χ3n) is 2.96. The van der Waals surface area contributed by atoms with Crippen LogP contribution in [0.15, 0.2) is 42.6 Å². The molecule has 1 aromatic heterocycles. The van der Waals surface area contributed by atoms with Crippen LogP contribution in [-0.4, -0.2) is 28.4 Å². The van der Waals surface area contributed by atoms with E-state index >= 15 is 0 Å². The first kappa shape index (κ1) is 15.5. The summed E-state index contributed by atoms with van der Waals surface area (Å²) in [6.45, 7) is 2.11. The molecule has 0 spiro atoms. The summed E-state index contributed by atoms with van der Waals surface area (Å²) in [5.41, 5.74) is 1.55. The Hall–Kier alpha value is -2.89. The van der Waals surface area contributed by atoms with Crippen molar-refractivity contribution < 1.29 is 14.7 Å². The molecule has 0 unspecified atom stereocenters. The smallest absolute Gasteiger partial charge is 0.251 e. The van der Waals surface area contributed by atoms with Gasteiger partial charge in [-0.25, -0.2) is 4.98 Å². The third kappa shape index (κ3) is 4.31. The van der Waals surface area contributed by atoms with Crippen LogP contribution in [-0.2, 0) is 4.79 Å². The van der Waals surface area contributed by atoms with Gasteiger partial charge in [-0.2, -0.15) is 0 Å². The van der Waals surface area contributed by atoms with Gasteiger partial charge in [0.25, 0.3) is 5.91 Å². The Kier molecular flexibility index (Phi) is 5.08. The number of pyridine rings is 1. The fourth-order valence-corrected chi connectivity index (χ4v) is 1.87. The van der Waals surface area contributed by atoms with Crippen LogP contribution in [0.2, 0.25) is 0 Å². The van der Waals surface area contributed by atoms with E-state index < -0.39 is 0 Å². The van der Waals surface area contributed by atoms with Gasteiger partial charge in [0.1, 0.15) is 0 Å². The lowest BCUT2D eigenvalue weighted by Gasteiger charge is -2.07. The summed E-state index contributed by atoms with van der Waals surface area (Å²) >= 11 is 0. The minimum Gasteiger partial charge on any atom is -0.504 e. The fraction of sp³-hybridized carbons (Fsp3) is 0.188. The predicted octanol–water partition coefficient (Wildman–Crippen LogP) is 1.85. The average molecular weight is 299 g/mol. The normalized spacial score (nSPS) is 10.0. The Morgan fingerprint density at radius 1 is 1.23 bits per heavy atom. The number of carbonyl (C=O) groups excluding carboxylic acids is 2. The summed E-state index contributed by atoms with van der Waals surface area (Å²) < 4.78 is 0.